The summed E-state index contributed by atoms with van der Waals surface area (Å²) in [5, 5.41) is 15.2. The minimum Gasteiger partial charge on any atom is -0.391 e. The topological polar surface area (TPSA) is 52.6 Å². The van der Waals surface area contributed by atoms with Crippen LogP contribution in [0.5, 0.6) is 0 Å². The second kappa shape index (κ2) is 6.20. The summed E-state index contributed by atoms with van der Waals surface area (Å²) in [6, 6.07) is 14.3. The molecular formula is C19H24N2O2. The zero-order valence-corrected chi connectivity index (χ0v) is 13.7. The highest BCUT2D eigenvalue weighted by Gasteiger charge is 2.29. The number of piperidine rings is 1. The van der Waals surface area contributed by atoms with Crippen molar-refractivity contribution in [2.75, 3.05) is 13.1 Å². The van der Waals surface area contributed by atoms with Crippen LogP contribution in [0.25, 0.3) is 10.8 Å². The first-order chi connectivity index (χ1) is 11.0. The van der Waals surface area contributed by atoms with Crippen molar-refractivity contribution in [2.24, 2.45) is 0 Å². The maximum Gasteiger partial charge on any atom is 0.318 e. The fraction of sp³-hybridized carbons (Fsp3) is 0.421. The molecule has 2 aromatic rings. The monoisotopic (exact) mass is 312 g/mol. The highest BCUT2D eigenvalue weighted by molar-refractivity contribution is 5.87. The number of β-amino-alcohol motifs (C(OH)–C–C–N with tert-alkyl or cyclic N) is 1. The standard InChI is InChI=1S/C19H24N2O2/c1-19(2,20-18(23)21-12-6-9-15(22)13-21)17-11-5-8-14-7-3-4-10-16(14)17/h3-5,7-8,10-11,15,22H,6,9,12-13H2,1-2H3,(H,20,23)/t15-/m1/s1. The Hall–Kier alpha value is -2.07. The first-order valence-corrected chi connectivity index (χ1v) is 8.21. The van der Waals surface area contributed by atoms with Gasteiger partial charge in [-0.1, -0.05) is 42.5 Å². The summed E-state index contributed by atoms with van der Waals surface area (Å²) in [6.45, 7) is 5.16. The molecule has 2 amide bonds. The number of nitrogens with zero attached hydrogens (tertiary/aromatic N) is 1. The van der Waals surface area contributed by atoms with Gasteiger partial charge in [0.05, 0.1) is 11.6 Å². The first kappa shape index (κ1) is 15.8. The summed E-state index contributed by atoms with van der Waals surface area (Å²) in [4.78, 5) is 14.3. The fourth-order valence-corrected chi connectivity index (χ4v) is 3.32. The van der Waals surface area contributed by atoms with Crippen molar-refractivity contribution in [3.63, 3.8) is 0 Å². The summed E-state index contributed by atoms with van der Waals surface area (Å²) >= 11 is 0. The second-order valence-corrected chi connectivity index (χ2v) is 6.82. The normalized spacial score (nSPS) is 18.9. The molecule has 1 heterocycles. The maximum absolute atomic E-state index is 12.6. The van der Waals surface area contributed by atoms with Crippen molar-refractivity contribution in [3.8, 4) is 0 Å². The van der Waals surface area contributed by atoms with Crippen LogP contribution in [0, 0.1) is 0 Å². The van der Waals surface area contributed by atoms with Crippen molar-refractivity contribution in [1.82, 2.24) is 10.2 Å². The molecule has 0 radical (unpaired) electrons. The molecule has 0 bridgehead atoms. The predicted molar refractivity (Wildman–Crippen MR) is 92.3 cm³/mol. The van der Waals surface area contributed by atoms with Crippen LogP contribution in [0.15, 0.2) is 42.5 Å². The van der Waals surface area contributed by atoms with E-state index in [9.17, 15) is 9.90 Å². The minimum atomic E-state index is -0.486. The molecule has 1 saturated heterocycles. The van der Waals surface area contributed by atoms with Crippen LogP contribution in [0.3, 0.4) is 0 Å². The first-order valence-electron chi connectivity index (χ1n) is 8.21. The number of urea groups is 1. The number of aliphatic hydroxyl groups excluding tert-OH is 1. The van der Waals surface area contributed by atoms with Crippen molar-refractivity contribution in [1.29, 1.82) is 0 Å². The van der Waals surface area contributed by atoms with Gasteiger partial charge in [0, 0.05) is 13.1 Å². The highest BCUT2D eigenvalue weighted by atomic mass is 16.3. The van der Waals surface area contributed by atoms with Gasteiger partial charge in [-0.05, 0) is 43.0 Å². The number of hydrogen-bond acceptors (Lipinski definition) is 2. The molecule has 4 nitrogen and oxygen atoms in total. The van der Waals surface area contributed by atoms with Gasteiger partial charge < -0.3 is 15.3 Å². The number of likely N-dealkylation sites (tertiary alicyclic amines) is 1. The van der Waals surface area contributed by atoms with Gasteiger partial charge in [-0.2, -0.15) is 0 Å². The van der Waals surface area contributed by atoms with Crippen molar-refractivity contribution in [3.05, 3.63) is 48.0 Å². The third-order valence-corrected chi connectivity index (χ3v) is 4.57. The number of carbonyl (C=O) groups excluding carboxylic acids is 1. The molecule has 0 saturated carbocycles. The Labute approximate surface area is 137 Å². The van der Waals surface area contributed by atoms with E-state index in [4.69, 9.17) is 0 Å². The summed E-state index contributed by atoms with van der Waals surface area (Å²) in [7, 11) is 0. The van der Waals surface area contributed by atoms with Crippen LogP contribution in [0.2, 0.25) is 0 Å². The molecule has 122 valence electrons. The van der Waals surface area contributed by atoms with E-state index in [1.54, 1.807) is 4.90 Å². The van der Waals surface area contributed by atoms with E-state index in [2.05, 4.69) is 29.6 Å². The van der Waals surface area contributed by atoms with E-state index < -0.39 is 11.6 Å². The molecule has 0 spiro atoms. The van der Waals surface area contributed by atoms with Crippen LogP contribution >= 0.6 is 0 Å². The maximum atomic E-state index is 12.6. The van der Waals surface area contributed by atoms with Gasteiger partial charge >= 0.3 is 6.03 Å². The molecule has 1 fully saturated rings. The van der Waals surface area contributed by atoms with E-state index in [1.165, 1.54) is 5.39 Å². The average Bonchev–Trinajstić information content (AvgIpc) is 2.54. The lowest BCUT2D eigenvalue weighted by atomic mass is 9.89. The molecule has 23 heavy (non-hydrogen) atoms. The molecule has 1 aliphatic heterocycles. The molecule has 0 aromatic heterocycles. The number of rotatable bonds is 2. The van der Waals surface area contributed by atoms with E-state index in [0.717, 1.165) is 23.8 Å². The van der Waals surface area contributed by atoms with E-state index in [1.807, 2.05) is 32.0 Å². The summed E-state index contributed by atoms with van der Waals surface area (Å²) in [5.74, 6) is 0. The molecule has 2 aromatic carbocycles. The van der Waals surface area contributed by atoms with Crippen molar-refractivity contribution >= 4 is 16.8 Å². The molecule has 0 aliphatic carbocycles. The lowest BCUT2D eigenvalue weighted by Crippen LogP contribution is -2.52. The molecule has 0 unspecified atom stereocenters. The van der Waals surface area contributed by atoms with Gasteiger partial charge in [0.1, 0.15) is 0 Å². The van der Waals surface area contributed by atoms with E-state index >= 15 is 0 Å². The van der Waals surface area contributed by atoms with Gasteiger partial charge in [-0.15, -0.1) is 0 Å². The Balaban J connectivity index is 1.84. The second-order valence-electron chi connectivity index (χ2n) is 6.82. The molecule has 2 N–H and O–H groups in total. The van der Waals surface area contributed by atoms with E-state index in [-0.39, 0.29) is 6.03 Å². The number of aliphatic hydroxyl groups is 1. The lowest BCUT2D eigenvalue weighted by Gasteiger charge is -2.35. The fourth-order valence-electron chi connectivity index (χ4n) is 3.32. The number of hydrogen-bond donors (Lipinski definition) is 2. The smallest absolute Gasteiger partial charge is 0.318 e. The third kappa shape index (κ3) is 3.32. The summed E-state index contributed by atoms with van der Waals surface area (Å²) in [6.07, 6.45) is 1.22. The van der Waals surface area contributed by atoms with E-state index in [0.29, 0.717) is 13.1 Å². The molecule has 3 rings (SSSR count). The average molecular weight is 312 g/mol. The zero-order valence-electron chi connectivity index (χ0n) is 13.7. The number of carbonyl (C=O) groups is 1. The molecule has 4 heteroatoms. The SMILES string of the molecule is CC(C)(NC(=O)N1CCC[C@@H](O)C1)c1cccc2ccccc12. The number of benzene rings is 2. The van der Waals surface area contributed by atoms with Gasteiger partial charge in [-0.25, -0.2) is 4.79 Å². The van der Waals surface area contributed by atoms with Crippen LogP contribution in [0.4, 0.5) is 4.79 Å². The summed E-state index contributed by atoms with van der Waals surface area (Å²) < 4.78 is 0. The Morgan fingerprint density at radius 1 is 1.22 bits per heavy atom. The van der Waals surface area contributed by atoms with Crippen LogP contribution < -0.4 is 5.32 Å². The van der Waals surface area contributed by atoms with Gasteiger partial charge in [0.2, 0.25) is 0 Å². The molecule has 1 aliphatic rings. The largest absolute Gasteiger partial charge is 0.391 e. The molecule has 1 atom stereocenters. The Bertz CT molecular complexity index is 706. The number of fused-ring (bicyclic) bond motifs is 1. The number of nitrogens with one attached hydrogen (secondary N) is 1. The lowest BCUT2D eigenvalue weighted by molar-refractivity contribution is 0.0818. The van der Waals surface area contributed by atoms with Crippen LogP contribution in [-0.4, -0.2) is 35.2 Å². The van der Waals surface area contributed by atoms with Gasteiger partial charge in [0.15, 0.2) is 0 Å². The Kier molecular flexibility index (Phi) is 4.26. The highest BCUT2D eigenvalue weighted by Crippen LogP contribution is 2.28. The number of amides is 2. The van der Waals surface area contributed by atoms with Crippen molar-refractivity contribution < 1.29 is 9.90 Å². The van der Waals surface area contributed by atoms with Gasteiger partial charge in [0.25, 0.3) is 0 Å². The third-order valence-electron chi connectivity index (χ3n) is 4.57. The summed E-state index contributed by atoms with van der Waals surface area (Å²) in [5.41, 5.74) is 0.613. The zero-order chi connectivity index (χ0) is 16.4. The van der Waals surface area contributed by atoms with Crippen LogP contribution in [0.1, 0.15) is 32.3 Å². The van der Waals surface area contributed by atoms with Crippen molar-refractivity contribution in [2.45, 2.75) is 38.3 Å². The Morgan fingerprint density at radius 3 is 2.74 bits per heavy atom. The quantitative estimate of drug-likeness (QED) is 0.894. The Morgan fingerprint density at radius 2 is 1.96 bits per heavy atom. The van der Waals surface area contributed by atoms with Gasteiger partial charge in [-0.3, -0.25) is 0 Å². The predicted octanol–water partition coefficient (Wildman–Crippen LogP) is 3.24. The van der Waals surface area contributed by atoms with Crippen LogP contribution in [-0.2, 0) is 5.54 Å². The minimum absolute atomic E-state index is 0.110. The molecular weight excluding hydrogens is 288 g/mol.